The van der Waals surface area contributed by atoms with Crippen LogP contribution in [0, 0.1) is 0 Å². The molecule has 0 saturated heterocycles. The number of imidazole rings is 1. The van der Waals surface area contributed by atoms with E-state index in [-0.39, 0.29) is 5.75 Å². The fourth-order valence-corrected chi connectivity index (χ4v) is 4.10. The summed E-state index contributed by atoms with van der Waals surface area (Å²) in [5.41, 5.74) is 0. The van der Waals surface area contributed by atoms with Gasteiger partial charge in [-0.3, -0.25) is 0 Å². The van der Waals surface area contributed by atoms with Gasteiger partial charge in [-0.25, -0.2) is 17.6 Å². The SMILES string of the molecule is CCCCCCCCCCCCCCCCn1cc[n+](CCCS(=O)(=O)[O-])c1. The molecule has 28 heavy (non-hydrogen) atoms. The molecule has 1 aromatic heterocycles. The highest BCUT2D eigenvalue weighted by Gasteiger charge is 2.04. The highest BCUT2D eigenvalue weighted by atomic mass is 32.2. The van der Waals surface area contributed by atoms with E-state index in [2.05, 4.69) is 11.5 Å². The Labute approximate surface area is 173 Å². The van der Waals surface area contributed by atoms with E-state index in [1.165, 1.54) is 89.9 Å². The molecule has 0 fully saturated rings. The van der Waals surface area contributed by atoms with Gasteiger partial charge in [-0.15, -0.1) is 0 Å². The molecule has 164 valence electrons. The molecule has 0 saturated carbocycles. The summed E-state index contributed by atoms with van der Waals surface area (Å²) in [4.78, 5) is 0. The molecule has 0 amide bonds. The Morgan fingerprint density at radius 3 is 1.79 bits per heavy atom. The highest BCUT2D eigenvalue weighted by molar-refractivity contribution is 7.85. The Kier molecular flexibility index (Phi) is 14.4. The second kappa shape index (κ2) is 16.0. The number of aromatic nitrogens is 2. The molecule has 6 heteroatoms. The monoisotopic (exact) mass is 414 g/mol. The van der Waals surface area contributed by atoms with Gasteiger partial charge in [0.05, 0.1) is 23.2 Å². The third kappa shape index (κ3) is 15.1. The van der Waals surface area contributed by atoms with Crippen molar-refractivity contribution in [2.75, 3.05) is 5.75 Å². The van der Waals surface area contributed by atoms with Crippen LogP contribution < -0.4 is 4.57 Å². The number of unbranched alkanes of at least 4 members (excludes halogenated alkanes) is 13. The first-order chi connectivity index (χ1) is 13.5. The van der Waals surface area contributed by atoms with E-state index in [1.807, 2.05) is 23.3 Å². The minimum atomic E-state index is -4.09. The molecule has 0 aromatic carbocycles. The van der Waals surface area contributed by atoms with Gasteiger partial charge < -0.3 is 4.55 Å². The number of hydrogen-bond acceptors (Lipinski definition) is 3. The van der Waals surface area contributed by atoms with Gasteiger partial charge in [-0.2, -0.15) is 0 Å². The second-order valence-electron chi connectivity index (χ2n) is 8.10. The number of hydrogen-bond donors (Lipinski definition) is 0. The van der Waals surface area contributed by atoms with E-state index < -0.39 is 10.1 Å². The Bertz CT molecular complexity index is 584. The van der Waals surface area contributed by atoms with Crippen LogP contribution in [0.2, 0.25) is 0 Å². The van der Waals surface area contributed by atoms with E-state index in [0.29, 0.717) is 13.0 Å². The summed E-state index contributed by atoms with van der Waals surface area (Å²) < 4.78 is 35.9. The Hall–Kier alpha value is -0.880. The normalized spacial score (nSPS) is 11.9. The summed E-state index contributed by atoms with van der Waals surface area (Å²) >= 11 is 0. The van der Waals surface area contributed by atoms with Crippen LogP contribution in [-0.2, 0) is 23.2 Å². The molecule has 1 heterocycles. The van der Waals surface area contributed by atoms with Gasteiger partial charge in [0.1, 0.15) is 12.4 Å². The molecule has 5 nitrogen and oxygen atoms in total. The van der Waals surface area contributed by atoms with E-state index >= 15 is 0 Å². The molecule has 0 aliphatic rings. The lowest BCUT2D eigenvalue weighted by Gasteiger charge is -2.04. The molecule has 0 radical (unpaired) electrons. The molecule has 1 aromatic rings. The topological polar surface area (TPSA) is 66.0 Å². The zero-order valence-electron chi connectivity index (χ0n) is 18.0. The smallest absolute Gasteiger partial charge is 0.243 e. The largest absolute Gasteiger partial charge is 0.748 e. The van der Waals surface area contributed by atoms with Gasteiger partial charge in [-0.1, -0.05) is 84.0 Å². The molecule has 0 spiro atoms. The molecule has 1 rings (SSSR count). The van der Waals surface area contributed by atoms with Crippen molar-refractivity contribution in [3.05, 3.63) is 18.7 Å². The zero-order chi connectivity index (χ0) is 20.5. The maximum Gasteiger partial charge on any atom is 0.243 e. The van der Waals surface area contributed by atoms with Crippen LogP contribution in [0.3, 0.4) is 0 Å². The summed E-state index contributed by atoms with van der Waals surface area (Å²) in [5, 5.41) is 0. The number of nitrogens with zero attached hydrogens (tertiary/aromatic N) is 2. The average molecular weight is 415 g/mol. The van der Waals surface area contributed by atoms with Crippen molar-refractivity contribution >= 4 is 10.1 Å². The summed E-state index contributed by atoms with van der Waals surface area (Å²) in [6.07, 6.45) is 25.5. The Balaban J connectivity index is 1.89. The Morgan fingerprint density at radius 1 is 0.786 bits per heavy atom. The van der Waals surface area contributed by atoms with Crippen LogP contribution in [0.25, 0.3) is 0 Å². The molecule has 0 aliphatic heterocycles. The van der Waals surface area contributed by atoms with Gasteiger partial charge in [-0.05, 0) is 19.3 Å². The van der Waals surface area contributed by atoms with Crippen molar-refractivity contribution in [1.29, 1.82) is 0 Å². The fourth-order valence-electron chi connectivity index (χ4n) is 3.62. The van der Waals surface area contributed by atoms with Crippen molar-refractivity contribution in [2.24, 2.45) is 0 Å². The van der Waals surface area contributed by atoms with Crippen molar-refractivity contribution in [1.82, 2.24) is 4.57 Å². The van der Waals surface area contributed by atoms with Gasteiger partial charge in [0.15, 0.2) is 0 Å². The lowest BCUT2D eigenvalue weighted by Crippen LogP contribution is -2.32. The first-order valence-corrected chi connectivity index (χ1v) is 13.1. The lowest BCUT2D eigenvalue weighted by molar-refractivity contribution is -0.696. The standard InChI is InChI=1S/C22H42N2O3S/c1-2-3-4-5-6-7-8-9-10-11-12-13-14-15-17-23-19-20-24(22-23)18-16-21-28(25,26)27/h19-20,22H,2-18,21H2,1H3. The summed E-state index contributed by atoms with van der Waals surface area (Å²) in [5.74, 6) is -0.288. The van der Waals surface area contributed by atoms with Crippen LogP contribution >= 0.6 is 0 Å². The minimum Gasteiger partial charge on any atom is -0.748 e. The molecule has 0 aliphatic carbocycles. The van der Waals surface area contributed by atoms with Gasteiger partial charge >= 0.3 is 0 Å². The van der Waals surface area contributed by atoms with Crippen molar-refractivity contribution in [3.8, 4) is 0 Å². The van der Waals surface area contributed by atoms with Crippen LogP contribution in [0.4, 0.5) is 0 Å². The fraction of sp³-hybridized carbons (Fsp3) is 0.864. The summed E-state index contributed by atoms with van der Waals surface area (Å²) in [7, 11) is -4.09. The molecular weight excluding hydrogens is 372 g/mol. The van der Waals surface area contributed by atoms with Crippen LogP contribution in [0.1, 0.15) is 103 Å². The maximum atomic E-state index is 10.6. The molecular formula is C22H42N2O3S. The van der Waals surface area contributed by atoms with Gasteiger partial charge in [0.25, 0.3) is 0 Å². The van der Waals surface area contributed by atoms with Crippen LogP contribution in [0.5, 0.6) is 0 Å². The molecule has 0 N–H and O–H groups in total. The Morgan fingerprint density at radius 2 is 1.29 bits per heavy atom. The highest BCUT2D eigenvalue weighted by Crippen LogP contribution is 2.13. The molecule has 0 atom stereocenters. The predicted molar refractivity (Wildman–Crippen MR) is 114 cm³/mol. The molecule has 0 bridgehead atoms. The maximum absolute atomic E-state index is 10.6. The zero-order valence-corrected chi connectivity index (χ0v) is 18.8. The number of rotatable bonds is 19. The van der Waals surface area contributed by atoms with Crippen molar-refractivity contribution in [3.63, 3.8) is 0 Å². The van der Waals surface area contributed by atoms with E-state index in [0.717, 1.165) is 6.54 Å². The quantitative estimate of drug-likeness (QED) is 0.178. The van der Waals surface area contributed by atoms with Gasteiger partial charge in [0, 0.05) is 5.75 Å². The van der Waals surface area contributed by atoms with Crippen molar-refractivity contribution in [2.45, 2.75) is 116 Å². The summed E-state index contributed by atoms with van der Waals surface area (Å²) in [6, 6.07) is 0. The molecule has 0 unspecified atom stereocenters. The predicted octanol–water partition coefficient (Wildman–Crippen LogP) is 5.19. The summed E-state index contributed by atoms with van der Waals surface area (Å²) in [6.45, 7) is 3.85. The average Bonchev–Trinajstić information content (AvgIpc) is 3.08. The first-order valence-electron chi connectivity index (χ1n) is 11.5. The minimum absolute atomic E-state index is 0.288. The van der Waals surface area contributed by atoms with E-state index in [9.17, 15) is 13.0 Å². The third-order valence-electron chi connectivity index (χ3n) is 5.33. The van der Waals surface area contributed by atoms with Crippen LogP contribution in [0.15, 0.2) is 18.7 Å². The van der Waals surface area contributed by atoms with Gasteiger partial charge in [0.2, 0.25) is 6.33 Å². The first kappa shape index (κ1) is 25.2. The van der Waals surface area contributed by atoms with Crippen molar-refractivity contribution < 1.29 is 17.5 Å². The lowest BCUT2D eigenvalue weighted by atomic mass is 10.0. The van der Waals surface area contributed by atoms with Crippen LogP contribution in [-0.4, -0.2) is 23.3 Å². The second-order valence-corrected chi connectivity index (χ2v) is 9.62. The van der Waals surface area contributed by atoms with E-state index in [4.69, 9.17) is 0 Å². The number of aryl methyl sites for hydroxylation is 2. The van der Waals surface area contributed by atoms with E-state index in [1.54, 1.807) is 0 Å². The third-order valence-corrected chi connectivity index (χ3v) is 6.12.